The van der Waals surface area contributed by atoms with Crippen LogP contribution in [0.5, 0.6) is 5.75 Å². The first-order valence-corrected chi connectivity index (χ1v) is 4.72. The molecule has 0 spiro atoms. The van der Waals surface area contributed by atoms with Gasteiger partial charge in [-0.1, -0.05) is 23.2 Å². The minimum Gasteiger partial charge on any atom is -1.00 e. The lowest BCUT2D eigenvalue weighted by Gasteiger charge is -2.07. The van der Waals surface area contributed by atoms with Crippen LogP contribution in [-0.4, -0.2) is 20.2 Å². The maximum atomic E-state index is 5.87. The number of rotatable bonds is 4. The second kappa shape index (κ2) is 7.18. The zero-order valence-corrected chi connectivity index (χ0v) is 9.96. The highest BCUT2D eigenvalue weighted by molar-refractivity contribution is 6.34. The maximum absolute atomic E-state index is 5.87. The Bertz CT molecular complexity index is 281. The second-order valence-electron chi connectivity index (χ2n) is 2.53. The number of hydrogen-bond acceptors (Lipinski definition) is 2. The van der Waals surface area contributed by atoms with Crippen molar-refractivity contribution in [2.75, 3.05) is 20.2 Å². The molecule has 0 aromatic heterocycles. The number of benzene rings is 1. The van der Waals surface area contributed by atoms with E-state index >= 15 is 0 Å². The Balaban J connectivity index is 0.00000169. The molecule has 1 aromatic rings. The molecule has 1 N–H and O–H groups in total. The molecule has 0 amide bonds. The predicted octanol–water partition coefficient (Wildman–Crippen LogP) is -0.404. The molecule has 2 nitrogen and oxygen atoms in total. The van der Waals surface area contributed by atoms with Crippen LogP contribution in [0.3, 0.4) is 0 Å². The Morgan fingerprint density at radius 3 is 2.71 bits per heavy atom. The van der Waals surface area contributed by atoms with Crippen molar-refractivity contribution in [2.24, 2.45) is 0 Å². The Morgan fingerprint density at radius 2 is 2.07 bits per heavy atom. The van der Waals surface area contributed by atoms with Gasteiger partial charge in [-0.2, -0.15) is 0 Å². The summed E-state index contributed by atoms with van der Waals surface area (Å²) in [6.45, 7) is 1.36. The first-order valence-electron chi connectivity index (χ1n) is 3.96. The summed E-state index contributed by atoms with van der Waals surface area (Å²) < 4.78 is 5.38. The van der Waals surface area contributed by atoms with Gasteiger partial charge in [-0.25, -0.2) is 0 Å². The molecule has 0 unspecified atom stereocenters. The highest BCUT2D eigenvalue weighted by Gasteiger charge is 2.01. The van der Waals surface area contributed by atoms with Gasteiger partial charge in [-0.05, 0) is 19.2 Å². The molecule has 1 rings (SSSR count). The first kappa shape index (κ1) is 13.8. The van der Waals surface area contributed by atoms with Crippen LogP contribution in [0.1, 0.15) is 0 Å². The van der Waals surface area contributed by atoms with Gasteiger partial charge in [0.2, 0.25) is 0 Å². The Morgan fingerprint density at radius 1 is 1.36 bits per heavy atom. The predicted molar refractivity (Wildman–Crippen MR) is 55.9 cm³/mol. The van der Waals surface area contributed by atoms with Crippen LogP contribution in [0, 0.1) is 0 Å². The van der Waals surface area contributed by atoms with Crippen molar-refractivity contribution in [3.8, 4) is 5.75 Å². The molecular formula is C9H11Cl3NO-. The molecule has 14 heavy (non-hydrogen) atoms. The Kier molecular flexibility index (Phi) is 7.11. The molecule has 0 saturated carbocycles. The minimum absolute atomic E-state index is 0. The molecule has 0 atom stereocenters. The van der Waals surface area contributed by atoms with Crippen LogP contribution in [0.15, 0.2) is 18.2 Å². The minimum atomic E-state index is 0. The first-order chi connectivity index (χ1) is 6.24. The van der Waals surface area contributed by atoms with E-state index < -0.39 is 0 Å². The van der Waals surface area contributed by atoms with Crippen molar-refractivity contribution < 1.29 is 17.1 Å². The van der Waals surface area contributed by atoms with Crippen molar-refractivity contribution in [1.29, 1.82) is 0 Å². The van der Waals surface area contributed by atoms with Crippen molar-refractivity contribution in [2.45, 2.75) is 0 Å². The van der Waals surface area contributed by atoms with Gasteiger partial charge in [-0.3, -0.25) is 0 Å². The molecule has 0 bridgehead atoms. The molecular weight excluding hydrogens is 244 g/mol. The van der Waals surface area contributed by atoms with E-state index in [9.17, 15) is 0 Å². The third kappa shape index (κ3) is 4.38. The van der Waals surface area contributed by atoms with Crippen LogP contribution in [0.25, 0.3) is 0 Å². The average molecular weight is 256 g/mol. The van der Waals surface area contributed by atoms with Crippen LogP contribution >= 0.6 is 23.2 Å². The molecule has 0 radical (unpaired) electrons. The standard InChI is InChI=1S/C9H11Cl2NO.ClH/c1-12-4-5-13-9-6-7(10)2-3-8(9)11;/h2-3,6,12H,4-5H2,1H3;1H/p-1. The number of likely N-dealkylation sites (N-methyl/N-ethyl adjacent to an activating group) is 1. The van der Waals surface area contributed by atoms with Gasteiger partial charge >= 0.3 is 0 Å². The van der Waals surface area contributed by atoms with E-state index in [0.29, 0.717) is 22.4 Å². The summed E-state index contributed by atoms with van der Waals surface area (Å²) in [6.07, 6.45) is 0. The van der Waals surface area contributed by atoms with Gasteiger partial charge < -0.3 is 22.5 Å². The van der Waals surface area contributed by atoms with E-state index in [4.69, 9.17) is 27.9 Å². The lowest BCUT2D eigenvalue weighted by molar-refractivity contribution is -0.00000297. The SMILES string of the molecule is CNCCOc1cc(Cl)ccc1Cl.[Cl-]. The number of halogens is 3. The largest absolute Gasteiger partial charge is 1.00 e. The van der Waals surface area contributed by atoms with Gasteiger partial charge in [0.1, 0.15) is 12.4 Å². The molecule has 0 aliphatic rings. The summed E-state index contributed by atoms with van der Waals surface area (Å²) in [7, 11) is 1.86. The molecule has 0 fully saturated rings. The van der Waals surface area contributed by atoms with Gasteiger partial charge in [-0.15, -0.1) is 0 Å². The van der Waals surface area contributed by atoms with E-state index in [0.717, 1.165) is 6.54 Å². The molecule has 1 aromatic carbocycles. The fraction of sp³-hybridized carbons (Fsp3) is 0.333. The normalized spacial score (nSPS) is 9.36. The van der Waals surface area contributed by atoms with E-state index in [1.807, 2.05) is 7.05 Å². The molecule has 5 heteroatoms. The number of ether oxygens (including phenoxy) is 1. The molecule has 0 aliphatic heterocycles. The highest BCUT2D eigenvalue weighted by Crippen LogP contribution is 2.27. The van der Waals surface area contributed by atoms with Crippen LogP contribution in [0.4, 0.5) is 0 Å². The zero-order valence-electron chi connectivity index (χ0n) is 7.69. The highest BCUT2D eigenvalue weighted by atomic mass is 35.5. The summed E-state index contributed by atoms with van der Waals surface area (Å²) in [5, 5.41) is 4.18. The average Bonchev–Trinajstić information content (AvgIpc) is 2.11. The van der Waals surface area contributed by atoms with Crippen molar-refractivity contribution >= 4 is 23.2 Å². The van der Waals surface area contributed by atoms with Gasteiger partial charge in [0.05, 0.1) is 5.02 Å². The molecule has 0 aliphatic carbocycles. The summed E-state index contributed by atoms with van der Waals surface area (Å²) in [6, 6.07) is 5.16. The Labute approximate surface area is 99.9 Å². The van der Waals surface area contributed by atoms with E-state index in [2.05, 4.69) is 5.32 Å². The molecule has 0 heterocycles. The molecule has 80 valence electrons. The third-order valence-corrected chi connectivity index (χ3v) is 2.05. The lowest BCUT2D eigenvalue weighted by Crippen LogP contribution is -3.00. The van der Waals surface area contributed by atoms with Crippen LogP contribution < -0.4 is 22.5 Å². The zero-order chi connectivity index (χ0) is 9.68. The van der Waals surface area contributed by atoms with E-state index in [1.165, 1.54) is 0 Å². The second-order valence-corrected chi connectivity index (χ2v) is 3.37. The Hall–Kier alpha value is -0.150. The van der Waals surface area contributed by atoms with Gasteiger partial charge in [0.15, 0.2) is 0 Å². The van der Waals surface area contributed by atoms with E-state index in [-0.39, 0.29) is 12.4 Å². The van der Waals surface area contributed by atoms with E-state index in [1.54, 1.807) is 18.2 Å². The van der Waals surface area contributed by atoms with Crippen molar-refractivity contribution in [1.82, 2.24) is 5.32 Å². The maximum Gasteiger partial charge on any atom is 0.139 e. The summed E-state index contributed by atoms with van der Waals surface area (Å²) in [5.41, 5.74) is 0. The fourth-order valence-corrected chi connectivity index (χ4v) is 1.19. The summed E-state index contributed by atoms with van der Waals surface area (Å²) in [5.74, 6) is 0.629. The fourth-order valence-electron chi connectivity index (χ4n) is 0.851. The van der Waals surface area contributed by atoms with Crippen LogP contribution in [-0.2, 0) is 0 Å². The number of nitrogens with one attached hydrogen (secondary N) is 1. The lowest BCUT2D eigenvalue weighted by atomic mass is 10.3. The third-order valence-electron chi connectivity index (χ3n) is 1.50. The monoisotopic (exact) mass is 254 g/mol. The van der Waals surface area contributed by atoms with Crippen molar-refractivity contribution in [3.63, 3.8) is 0 Å². The number of hydrogen-bond donors (Lipinski definition) is 1. The van der Waals surface area contributed by atoms with Crippen LogP contribution in [0.2, 0.25) is 10.0 Å². The summed E-state index contributed by atoms with van der Waals surface area (Å²) >= 11 is 11.6. The van der Waals surface area contributed by atoms with Gasteiger partial charge in [0, 0.05) is 17.6 Å². The quantitative estimate of drug-likeness (QED) is 0.739. The summed E-state index contributed by atoms with van der Waals surface area (Å²) in [4.78, 5) is 0. The van der Waals surface area contributed by atoms with Crippen molar-refractivity contribution in [3.05, 3.63) is 28.2 Å². The topological polar surface area (TPSA) is 21.3 Å². The van der Waals surface area contributed by atoms with Gasteiger partial charge in [0.25, 0.3) is 0 Å². The molecule has 0 saturated heterocycles. The smallest absolute Gasteiger partial charge is 0.139 e.